The van der Waals surface area contributed by atoms with E-state index in [9.17, 15) is 0 Å². The van der Waals surface area contributed by atoms with Crippen molar-refractivity contribution < 1.29 is 18.6 Å². The molecule has 0 aliphatic rings. The number of benzene rings is 2. The molecule has 2 heterocycles. The van der Waals surface area contributed by atoms with Gasteiger partial charge in [0, 0.05) is 6.42 Å². The summed E-state index contributed by atoms with van der Waals surface area (Å²) in [6.07, 6.45) is 29.6. The first-order chi connectivity index (χ1) is 22.2. The summed E-state index contributed by atoms with van der Waals surface area (Å²) in [6, 6.07) is 17.2. The lowest BCUT2D eigenvalue weighted by Gasteiger charge is -2.07. The Balaban J connectivity index is 1.09. The molecule has 0 spiro atoms. The number of aryl methyl sites for hydroxylation is 2. The van der Waals surface area contributed by atoms with Gasteiger partial charge in [-0.3, -0.25) is 0 Å². The van der Waals surface area contributed by atoms with Gasteiger partial charge in [-0.1, -0.05) is 102 Å². The molecule has 0 fully saturated rings. The first kappa shape index (κ1) is 34.3. The van der Waals surface area contributed by atoms with Gasteiger partial charge in [0.05, 0.1) is 26.3 Å². The van der Waals surface area contributed by atoms with Gasteiger partial charge in [-0.15, -0.1) is 0 Å². The maximum absolute atomic E-state index is 5.94. The summed E-state index contributed by atoms with van der Waals surface area (Å²) in [6.45, 7) is 9.88. The van der Waals surface area contributed by atoms with Gasteiger partial charge in [-0.05, 0) is 48.2 Å². The maximum Gasteiger partial charge on any atom is 0.244 e. The number of aromatic nitrogens is 4. The van der Waals surface area contributed by atoms with E-state index < -0.39 is 0 Å². The molecule has 0 saturated heterocycles. The Hall–Kier alpha value is -3.54. The lowest BCUT2D eigenvalue weighted by Crippen LogP contribution is -2.31. The molecule has 4 rings (SSSR count). The van der Waals surface area contributed by atoms with Crippen LogP contribution in [0.15, 0.2) is 86.0 Å². The van der Waals surface area contributed by atoms with Crippen LogP contribution in [-0.4, -0.2) is 22.3 Å². The molecule has 244 valence electrons. The molecule has 45 heavy (non-hydrogen) atoms. The van der Waals surface area contributed by atoms with Crippen molar-refractivity contribution in [1.82, 2.24) is 9.13 Å². The van der Waals surface area contributed by atoms with Crippen molar-refractivity contribution in [3.63, 3.8) is 0 Å². The molecular formula is C39H58N4O2+2. The highest BCUT2D eigenvalue weighted by Crippen LogP contribution is 2.15. The third kappa shape index (κ3) is 13.5. The topological polar surface area (TPSA) is 36.1 Å². The van der Waals surface area contributed by atoms with E-state index in [1.807, 2.05) is 0 Å². The van der Waals surface area contributed by atoms with Crippen LogP contribution in [0.4, 0.5) is 0 Å². The third-order valence-corrected chi connectivity index (χ3v) is 8.44. The van der Waals surface area contributed by atoms with Gasteiger partial charge in [0.2, 0.25) is 12.7 Å². The SMILES string of the molecule is CCCCCCCCOc1ccc(C[n+]2ccn(CCCn3cc[n+](Cc4ccc(OCCCCCCCC)cc4)c3)c2)cc1. The third-order valence-electron chi connectivity index (χ3n) is 8.44. The quantitative estimate of drug-likeness (QED) is 0.0586. The van der Waals surface area contributed by atoms with E-state index in [-0.39, 0.29) is 0 Å². The minimum absolute atomic E-state index is 0.815. The molecule has 0 unspecified atom stereocenters. The number of hydrogen-bond donors (Lipinski definition) is 0. The Morgan fingerprint density at radius 1 is 0.489 bits per heavy atom. The van der Waals surface area contributed by atoms with E-state index in [2.05, 4.69) is 118 Å². The van der Waals surface area contributed by atoms with E-state index in [0.29, 0.717) is 0 Å². The number of nitrogens with zero attached hydrogens (tertiary/aromatic N) is 4. The Kier molecular flexibility index (Phi) is 15.6. The van der Waals surface area contributed by atoms with E-state index in [0.717, 1.165) is 70.2 Å². The molecule has 6 heteroatoms. The van der Waals surface area contributed by atoms with Crippen molar-refractivity contribution >= 4 is 0 Å². The second-order valence-corrected chi connectivity index (χ2v) is 12.5. The summed E-state index contributed by atoms with van der Waals surface area (Å²) < 4.78 is 21.0. The zero-order chi connectivity index (χ0) is 31.4. The summed E-state index contributed by atoms with van der Waals surface area (Å²) in [7, 11) is 0. The van der Waals surface area contributed by atoms with Gasteiger partial charge in [-0.2, -0.15) is 0 Å². The van der Waals surface area contributed by atoms with Crippen LogP contribution in [0.5, 0.6) is 11.5 Å². The smallest absolute Gasteiger partial charge is 0.244 e. The molecule has 2 aromatic heterocycles. The normalized spacial score (nSPS) is 11.2. The van der Waals surface area contributed by atoms with Crippen molar-refractivity contribution in [2.75, 3.05) is 13.2 Å². The fraction of sp³-hybridized carbons (Fsp3) is 0.538. The molecule has 2 aromatic carbocycles. The van der Waals surface area contributed by atoms with Crippen LogP contribution in [0.1, 0.15) is 108 Å². The largest absolute Gasteiger partial charge is 0.494 e. The van der Waals surface area contributed by atoms with E-state index in [4.69, 9.17) is 9.47 Å². The first-order valence-corrected chi connectivity index (χ1v) is 17.7. The Bertz CT molecular complexity index is 1210. The van der Waals surface area contributed by atoms with Crippen LogP contribution < -0.4 is 18.6 Å². The number of rotatable bonds is 24. The summed E-state index contributed by atoms with van der Waals surface area (Å²) in [5.41, 5.74) is 2.58. The molecule has 0 saturated carbocycles. The average molecular weight is 615 g/mol. The number of unbranched alkanes of at least 4 members (excludes halogenated alkanes) is 10. The fourth-order valence-corrected chi connectivity index (χ4v) is 5.71. The summed E-state index contributed by atoms with van der Waals surface area (Å²) in [4.78, 5) is 0. The molecule has 4 aromatic rings. The highest BCUT2D eigenvalue weighted by molar-refractivity contribution is 5.27. The van der Waals surface area contributed by atoms with Crippen molar-refractivity contribution in [2.45, 2.75) is 123 Å². The van der Waals surface area contributed by atoms with Gasteiger partial charge in [0.1, 0.15) is 49.4 Å². The summed E-state index contributed by atoms with van der Waals surface area (Å²) >= 11 is 0. The molecule has 0 bridgehead atoms. The van der Waals surface area contributed by atoms with Crippen LogP contribution in [0.3, 0.4) is 0 Å². The summed E-state index contributed by atoms with van der Waals surface area (Å²) in [5.74, 6) is 1.95. The Labute approximate surface area is 272 Å². The van der Waals surface area contributed by atoms with Gasteiger partial charge in [0.25, 0.3) is 0 Å². The Morgan fingerprint density at radius 3 is 1.31 bits per heavy atom. The van der Waals surface area contributed by atoms with Crippen molar-refractivity contribution in [3.8, 4) is 11.5 Å². The van der Waals surface area contributed by atoms with E-state index in [1.54, 1.807) is 0 Å². The van der Waals surface area contributed by atoms with Crippen molar-refractivity contribution in [2.24, 2.45) is 0 Å². The monoisotopic (exact) mass is 614 g/mol. The van der Waals surface area contributed by atoms with Crippen LogP contribution in [-0.2, 0) is 26.2 Å². The first-order valence-electron chi connectivity index (χ1n) is 17.7. The van der Waals surface area contributed by atoms with Gasteiger partial charge in [-0.25, -0.2) is 18.3 Å². The zero-order valence-electron chi connectivity index (χ0n) is 28.1. The second-order valence-electron chi connectivity index (χ2n) is 12.5. The van der Waals surface area contributed by atoms with Gasteiger partial charge < -0.3 is 9.47 Å². The fourth-order valence-electron chi connectivity index (χ4n) is 5.71. The molecule has 0 aliphatic carbocycles. The minimum atomic E-state index is 0.815. The predicted molar refractivity (Wildman–Crippen MR) is 183 cm³/mol. The second kappa shape index (κ2) is 20.5. The molecule has 0 radical (unpaired) electrons. The van der Waals surface area contributed by atoms with E-state index in [1.165, 1.54) is 75.3 Å². The standard InChI is InChI=1S/C39H58N4O2/c1-3-5-7-9-11-13-30-44-38-20-16-36(17-21-38)32-42-28-26-40(34-42)24-15-25-41-27-29-43(35-41)33-37-18-22-39(23-19-37)45-31-14-12-10-8-6-4-2/h16-23,26-29,34-35H,3-15,24-25,30-33H2,1-2H3/q+2. The van der Waals surface area contributed by atoms with Gasteiger partial charge in [0.15, 0.2) is 0 Å². The predicted octanol–water partition coefficient (Wildman–Crippen LogP) is 8.53. The number of imidazole rings is 2. The molecule has 0 aliphatic heterocycles. The van der Waals surface area contributed by atoms with Crippen molar-refractivity contribution in [3.05, 3.63) is 97.1 Å². The number of ether oxygens (including phenoxy) is 2. The van der Waals surface area contributed by atoms with Crippen LogP contribution >= 0.6 is 0 Å². The minimum Gasteiger partial charge on any atom is -0.494 e. The maximum atomic E-state index is 5.94. The van der Waals surface area contributed by atoms with E-state index >= 15 is 0 Å². The highest BCUT2D eigenvalue weighted by Gasteiger charge is 2.09. The van der Waals surface area contributed by atoms with Crippen LogP contribution in [0, 0.1) is 0 Å². The molecule has 0 N–H and O–H groups in total. The lowest BCUT2D eigenvalue weighted by molar-refractivity contribution is -0.687. The zero-order valence-corrected chi connectivity index (χ0v) is 28.1. The average Bonchev–Trinajstić information content (AvgIpc) is 3.71. The summed E-state index contributed by atoms with van der Waals surface area (Å²) in [5, 5.41) is 0. The van der Waals surface area contributed by atoms with Crippen LogP contribution in [0.25, 0.3) is 0 Å². The molecule has 6 nitrogen and oxygen atoms in total. The lowest BCUT2D eigenvalue weighted by atomic mass is 10.1. The molecule has 0 amide bonds. The van der Waals surface area contributed by atoms with Crippen LogP contribution in [0.2, 0.25) is 0 Å². The van der Waals surface area contributed by atoms with Gasteiger partial charge >= 0.3 is 0 Å². The molecular weight excluding hydrogens is 556 g/mol. The highest BCUT2D eigenvalue weighted by atomic mass is 16.5. The molecule has 0 atom stereocenters. The van der Waals surface area contributed by atoms with Crippen molar-refractivity contribution in [1.29, 1.82) is 0 Å². The number of hydrogen-bond acceptors (Lipinski definition) is 2. The Morgan fingerprint density at radius 2 is 0.889 bits per heavy atom.